The van der Waals surface area contributed by atoms with Gasteiger partial charge in [-0.05, 0) is 66.8 Å². The van der Waals surface area contributed by atoms with Gasteiger partial charge >= 0.3 is 0 Å². The zero-order valence-electron chi connectivity index (χ0n) is 22.7. The third-order valence-electron chi connectivity index (χ3n) is 8.70. The molecule has 0 bridgehead atoms. The van der Waals surface area contributed by atoms with Crippen LogP contribution in [0.25, 0.3) is 22.3 Å². The van der Waals surface area contributed by atoms with Crippen molar-refractivity contribution in [3.63, 3.8) is 0 Å². The Kier molecular flexibility index (Phi) is 5.47. The van der Waals surface area contributed by atoms with Crippen LogP contribution in [-0.4, -0.2) is 0 Å². The molecule has 0 saturated heterocycles. The summed E-state index contributed by atoms with van der Waals surface area (Å²) in [4.78, 5) is 0. The van der Waals surface area contributed by atoms with E-state index in [1.54, 1.807) is 0 Å². The van der Waals surface area contributed by atoms with Gasteiger partial charge in [-0.3, -0.25) is 0 Å². The monoisotopic (exact) mass is 520 g/mol. The molecule has 0 aromatic heterocycles. The minimum absolute atomic E-state index is 0.494. The second-order valence-electron chi connectivity index (χ2n) is 10.8. The van der Waals surface area contributed by atoms with E-state index in [9.17, 15) is 0 Å². The van der Waals surface area contributed by atoms with Crippen molar-refractivity contribution in [1.29, 1.82) is 0 Å². The topological polar surface area (TPSA) is 0 Å². The smallest absolute Gasteiger partial charge is 0.0622 e. The zero-order chi connectivity index (χ0) is 27.2. The molecule has 0 amide bonds. The number of benzene rings is 6. The van der Waals surface area contributed by atoms with E-state index in [2.05, 4.69) is 170 Å². The molecule has 192 valence electrons. The summed E-state index contributed by atoms with van der Waals surface area (Å²) in [5, 5.41) is 0. The van der Waals surface area contributed by atoms with Gasteiger partial charge in [-0.15, -0.1) is 0 Å². The molecule has 8 rings (SSSR count). The fourth-order valence-corrected chi connectivity index (χ4v) is 7.25. The number of fused-ring (bicyclic) bond motifs is 4. The first-order valence-electron chi connectivity index (χ1n) is 14.3. The van der Waals surface area contributed by atoms with Gasteiger partial charge < -0.3 is 0 Å². The second kappa shape index (κ2) is 9.47. The van der Waals surface area contributed by atoms with Gasteiger partial charge in [-0.25, -0.2) is 0 Å². The van der Waals surface area contributed by atoms with E-state index in [-0.39, 0.29) is 0 Å². The molecule has 0 heteroatoms. The standard InChI is InChI=1S/C41H28/c1-5-17-29(18-6-1)37-33-25-13-15-27-35(33)41(39(37)31-21-9-3-10-22-31)36-28-16-14-26-34(36)38(30-19-7-2-8-20-30)40(41)32-23-11-4-12-24-32/h1-28H. The first-order valence-corrected chi connectivity index (χ1v) is 14.3. The largest absolute Gasteiger partial charge is 0.0737 e. The van der Waals surface area contributed by atoms with Gasteiger partial charge in [-0.1, -0.05) is 170 Å². The minimum Gasteiger partial charge on any atom is -0.0622 e. The molecule has 0 fully saturated rings. The van der Waals surface area contributed by atoms with Crippen LogP contribution in [0.15, 0.2) is 170 Å². The average molecular weight is 521 g/mol. The van der Waals surface area contributed by atoms with Crippen molar-refractivity contribution in [2.24, 2.45) is 0 Å². The van der Waals surface area contributed by atoms with Crippen LogP contribution in [0.5, 0.6) is 0 Å². The molecule has 0 nitrogen and oxygen atoms in total. The van der Waals surface area contributed by atoms with Crippen molar-refractivity contribution in [3.8, 4) is 0 Å². The van der Waals surface area contributed by atoms with E-state index in [4.69, 9.17) is 0 Å². The molecular weight excluding hydrogens is 492 g/mol. The zero-order valence-corrected chi connectivity index (χ0v) is 22.7. The Hall–Kier alpha value is -5.20. The van der Waals surface area contributed by atoms with Crippen LogP contribution in [0.2, 0.25) is 0 Å². The lowest BCUT2D eigenvalue weighted by Gasteiger charge is -2.35. The Labute approximate surface area is 241 Å². The van der Waals surface area contributed by atoms with Crippen molar-refractivity contribution in [2.45, 2.75) is 5.41 Å². The molecule has 6 aromatic rings. The van der Waals surface area contributed by atoms with Crippen LogP contribution in [0.3, 0.4) is 0 Å². The number of rotatable bonds is 4. The normalized spacial score (nSPS) is 14.8. The average Bonchev–Trinajstić information content (AvgIpc) is 3.53. The van der Waals surface area contributed by atoms with Crippen LogP contribution in [-0.2, 0) is 5.41 Å². The lowest BCUT2D eigenvalue weighted by molar-refractivity contribution is 0.892. The van der Waals surface area contributed by atoms with E-state index in [0.29, 0.717) is 0 Å². The highest BCUT2D eigenvalue weighted by atomic mass is 14.6. The lowest BCUT2D eigenvalue weighted by atomic mass is 9.65. The summed E-state index contributed by atoms with van der Waals surface area (Å²) in [7, 11) is 0. The molecule has 0 radical (unpaired) electrons. The first-order chi connectivity index (χ1) is 20.4. The fourth-order valence-electron chi connectivity index (χ4n) is 7.25. The van der Waals surface area contributed by atoms with Gasteiger partial charge in [0.05, 0.1) is 5.41 Å². The molecule has 0 aliphatic heterocycles. The number of hydrogen-bond acceptors (Lipinski definition) is 0. The van der Waals surface area contributed by atoms with Crippen LogP contribution in [0.4, 0.5) is 0 Å². The second-order valence-corrected chi connectivity index (χ2v) is 10.8. The molecule has 0 atom stereocenters. The van der Waals surface area contributed by atoms with Gasteiger partial charge in [0.15, 0.2) is 0 Å². The lowest BCUT2D eigenvalue weighted by Crippen LogP contribution is -2.27. The van der Waals surface area contributed by atoms with Crippen LogP contribution in [0, 0.1) is 0 Å². The summed E-state index contributed by atoms with van der Waals surface area (Å²) >= 11 is 0. The van der Waals surface area contributed by atoms with Crippen LogP contribution in [0.1, 0.15) is 44.5 Å². The molecule has 0 saturated carbocycles. The molecule has 0 N–H and O–H groups in total. The predicted molar refractivity (Wildman–Crippen MR) is 171 cm³/mol. The molecule has 2 aliphatic rings. The third kappa shape index (κ3) is 3.41. The maximum Gasteiger partial charge on any atom is 0.0737 e. The molecule has 1 spiro atoms. The predicted octanol–water partition coefficient (Wildman–Crippen LogP) is 9.92. The van der Waals surface area contributed by atoms with Crippen molar-refractivity contribution >= 4 is 22.3 Å². The van der Waals surface area contributed by atoms with Crippen molar-refractivity contribution in [2.75, 3.05) is 0 Å². The van der Waals surface area contributed by atoms with Gasteiger partial charge in [0, 0.05) is 0 Å². The van der Waals surface area contributed by atoms with Crippen LogP contribution < -0.4 is 0 Å². The summed E-state index contributed by atoms with van der Waals surface area (Å²) in [6, 6.07) is 62.1. The van der Waals surface area contributed by atoms with E-state index in [0.717, 1.165) is 0 Å². The molecule has 2 aliphatic carbocycles. The molecular formula is C41H28. The van der Waals surface area contributed by atoms with Gasteiger partial charge in [-0.2, -0.15) is 0 Å². The Morgan fingerprint density at radius 1 is 0.268 bits per heavy atom. The Bertz CT molecular complexity index is 1800. The number of allylic oxidation sites excluding steroid dienone is 2. The highest BCUT2D eigenvalue weighted by Crippen LogP contribution is 2.67. The summed E-state index contributed by atoms with van der Waals surface area (Å²) in [6.07, 6.45) is 0. The maximum atomic E-state index is 2.36. The molecule has 41 heavy (non-hydrogen) atoms. The Morgan fingerprint density at radius 3 is 0.927 bits per heavy atom. The molecule has 0 unspecified atom stereocenters. The van der Waals surface area contributed by atoms with Crippen molar-refractivity contribution in [1.82, 2.24) is 0 Å². The quantitative estimate of drug-likeness (QED) is 0.217. The van der Waals surface area contributed by atoms with E-state index in [1.807, 2.05) is 0 Å². The fraction of sp³-hybridized carbons (Fsp3) is 0.0244. The third-order valence-corrected chi connectivity index (χ3v) is 8.70. The molecule has 0 heterocycles. The highest BCUT2D eigenvalue weighted by Gasteiger charge is 2.55. The van der Waals surface area contributed by atoms with Gasteiger partial charge in [0.1, 0.15) is 0 Å². The summed E-state index contributed by atoms with van der Waals surface area (Å²) in [5.41, 5.74) is 15.1. The summed E-state index contributed by atoms with van der Waals surface area (Å²) < 4.78 is 0. The van der Waals surface area contributed by atoms with E-state index < -0.39 is 5.41 Å². The summed E-state index contributed by atoms with van der Waals surface area (Å²) in [5.74, 6) is 0. The Balaban J connectivity index is 1.63. The minimum atomic E-state index is -0.494. The van der Waals surface area contributed by atoms with Gasteiger partial charge in [0.2, 0.25) is 0 Å². The van der Waals surface area contributed by atoms with Crippen molar-refractivity contribution in [3.05, 3.63) is 214 Å². The number of hydrogen-bond donors (Lipinski definition) is 0. The van der Waals surface area contributed by atoms with Crippen molar-refractivity contribution < 1.29 is 0 Å². The maximum absolute atomic E-state index is 2.36. The first kappa shape index (κ1) is 23.7. The van der Waals surface area contributed by atoms with E-state index >= 15 is 0 Å². The SMILES string of the molecule is c1ccc(C2=C(c3ccccc3)C3(C(c4ccccc4)=C(c4ccccc4)c4ccccc43)c3ccccc32)cc1. The summed E-state index contributed by atoms with van der Waals surface area (Å²) in [6.45, 7) is 0. The Morgan fingerprint density at radius 2 is 0.561 bits per heavy atom. The highest BCUT2D eigenvalue weighted by molar-refractivity contribution is 6.22. The van der Waals surface area contributed by atoms with Gasteiger partial charge in [0.25, 0.3) is 0 Å². The van der Waals surface area contributed by atoms with Crippen LogP contribution >= 0.6 is 0 Å². The van der Waals surface area contributed by atoms with E-state index in [1.165, 1.54) is 66.8 Å². The molecule has 6 aromatic carbocycles.